The van der Waals surface area contributed by atoms with Gasteiger partial charge in [0.05, 0.1) is 0 Å². The summed E-state index contributed by atoms with van der Waals surface area (Å²) in [6.07, 6.45) is 0.640. The predicted octanol–water partition coefficient (Wildman–Crippen LogP) is 5.79. The van der Waals surface area contributed by atoms with Gasteiger partial charge in [-0.2, -0.15) is 0 Å². The van der Waals surface area contributed by atoms with Gasteiger partial charge in [-0.05, 0) is 30.2 Å². The van der Waals surface area contributed by atoms with Crippen LogP contribution in [0.1, 0.15) is 22.8 Å². The Hall–Kier alpha value is -1.58. The Morgan fingerprint density at radius 2 is 1.86 bits per heavy atom. The van der Waals surface area contributed by atoms with Crippen molar-refractivity contribution in [1.82, 2.24) is 4.98 Å². The maximum Gasteiger partial charge on any atom is 0.199 e. The van der Waals surface area contributed by atoms with Gasteiger partial charge in [-0.3, -0.25) is 0 Å². The molecular weight excluding hydrogens is 362 g/mol. The molecule has 112 valence electrons. The van der Waals surface area contributed by atoms with Crippen molar-refractivity contribution in [2.75, 3.05) is 0 Å². The van der Waals surface area contributed by atoms with Gasteiger partial charge in [-0.15, -0.1) is 0 Å². The molecule has 0 saturated carbocycles. The average Bonchev–Trinajstić information content (AvgIpc) is 2.88. The smallest absolute Gasteiger partial charge is 0.199 e. The van der Waals surface area contributed by atoms with Gasteiger partial charge in [-0.25, -0.2) is 4.98 Å². The summed E-state index contributed by atoms with van der Waals surface area (Å²) in [4.78, 5) is 4.64. The molecule has 0 fully saturated rings. The van der Waals surface area contributed by atoms with Crippen LogP contribution in [-0.2, 0) is 11.8 Å². The van der Waals surface area contributed by atoms with E-state index in [1.165, 1.54) is 5.56 Å². The molecule has 0 unspecified atom stereocenters. The van der Waals surface area contributed by atoms with Gasteiger partial charge in [-0.1, -0.05) is 63.9 Å². The van der Waals surface area contributed by atoms with E-state index >= 15 is 0 Å². The Kier molecular flexibility index (Phi) is 4.65. The first-order chi connectivity index (χ1) is 10.7. The van der Waals surface area contributed by atoms with Gasteiger partial charge in [0.1, 0.15) is 11.5 Å². The van der Waals surface area contributed by atoms with Crippen LogP contribution in [0.3, 0.4) is 0 Å². The topological polar surface area (TPSA) is 26.0 Å². The Labute approximate surface area is 143 Å². The predicted molar refractivity (Wildman–Crippen MR) is 93.6 cm³/mol. The quantitative estimate of drug-likeness (QED) is 0.539. The summed E-state index contributed by atoms with van der Waals surface area (Å²) in [6.45, 7) is 1.95. The molecule has 0 saturated heterocycles. The Morgan fingerprint density at radius 3 is 2.55 bits per heavy atom. The number of rotatable bonds is 4. The molecule has 0 aliphatic carbocycles. The van der Waals surface area contributed by atoms with Crippen molar-refractivity contribution >= 4 is 27.5 Å². The summed E-state index contributed by atoms with van der Waals surface area (Å²) in [6, 6.07) is 16.1. The van der Waals surface area contributed by atoms with E-state index < -0.39 is 0 Å². The zero-order valence-corrected chi connectivity index (χ0v) is 14.5. The third-order valence-electron chi connectivity index (χ3n) is 3.47. The number of alkyl halides is 1. The number of aryl methyl sites for hydroxylation is 1. The summed E-state index contributed by atoms with van der Waals surface area (Å²) in [5.41, 5.74) is 4.31. The summed E-state index contributed by atoms with van der Waals surface area (Å²) >= 11 is 9.47. The SMILES string of the molecule is Cc1oc(Cc2cccc(Cl)c2)nc1-c1ccc(CBr)cc1. The van der Waals surface area contributed by atoms with Gasteiger partial charge >= 0.3 is 0 Å². The van der Waals surface area contributed by atoms with Gasteiger partial charge in [0.25, 0.3) is 0 Å². The molecule has 0 radical (unpaired) electrons. The minimum Gasteiger partial charge on any atom is -0.445 e. The first-order valence-corrected chi connectivity index (χ1v) is 8.51. The lowest BCUT2D eigenvalue weighted by Crippen LogP contribution is -1.88. The van der Waals surface area contributed by atoms with Gasteiger partial charge in [0.15, 0.2) is 5.89 Å². The third kappa shape index (κ3) is 3.42. The van der Waals surface area contributed by atoms with Crippen LogP contribution in [0.4, 0.5) is 0 Å². The number of aromatic nitrogens is 1. The molecule has 1 aromatic heterocycles. The number of oxazole rings is 1. The number of benzene rings is 2. The van der Waals surface area contributed by atoms with Crippen molar-refractivity contribution in [1.29, 1.82) is 0 Å². The van der Waals surface area contributed by atoms with E-state index in [0.717, 1.165) is 32.9 Å². The van der Waals surface area contributed by atoms with E-state index in [1.54, 1.807) is 0 Å². The van der Waals surface area contributed by atoms with Crippen LogP contribution >= 0.6 is 27.5 Å². The van der Waals surface area contributed by atoms with Crippen LogP contribution in [0.2, 0.25) is 5.02 Å². The second-order valence-corrected chi connectivity index (χ2v) is 6.15. The zero-order valence-electron chi connectivity index (χ0n) is 12.1. The molecule has 2 aromatic carbocycles. The van der Waals surface area contributed by atoms with Gasteiger partial charge in [0, 0.05) is 22.3 Å². The van der Waals surface area contributed by atoms with Crippen molar-refractivity contribution < 1.29 is 4.42 Å². The summed E-state index contributed by atoms with van der Waals surface area (Å²) in [5, 5.41) is 1.58. The Bertz CT molecular complexity index is 780. The van der Waals surface area contributed by atoms with E-state index in [9.17, 15) is 0 Å². The fraction of sp³-hybridized carbons (Fsp3) is 0.167. The standard InChI is InChI=1S/C18H15BrClNO/c1-12-18(15-7-5-13(11-19)6-8-15)21-17(22-12)10-14-3-2-4-16(20)9-14/h2-9H,10-11H2,1H3. The van der Waals surface area contributed by atoms with Crippen molar-refractivity contribution in [3.63, 3.8) is 0 Å². The lowest BCUT2D eigenvalue weighted by Gasteiger charge is -1.99. The van der Waals surface area contributed by atoms with E-state index in [-0.39, 0.29) is 0 Å². The highest BCUT2D eigenvalue weighted by atomic mass is 79.9. The molecule has 0 N–H and O–H groups in total. The van der Waals surface area contributed by atoms with Crippen molar-refractivity contribution in [3.8, 4) is 11.3 Å². The highest BCUT2D eigenvalue weighted by Crippen LogP contribution is 2.25. The second kappa shape index (κ2) is 6.67. The molecule has 0 spiro atoms. The van der Waals surface area contributed by atoms with E-state index in [2.05, 4.69) is 45.2 Å². The van der Waals surface area contributed by atoms with Crippen molar-refractivity contribution in [2.24, 2.45) is 0 Å². The Balaban J connectivity index is 1.86. The van der Waals surface area contributed by atoms with Crippen molar-refractivity contribution in [2.45, 2.75) is 18.7 Å². The third-order valence-corrected chi connectivity index (χ3v) is 4.35. The molecule has 4 heteroatoms. The van der Waals surface area contributed by atoms with Gasteiger partial charge < -0.3 is 4.42 Å². The minimum atomic E-state index is 0.640. The molecule has 0 amide bonds. The van der Waals surface area contributed by atoms with E-state index in [1.807, 2.05) is 31.2 Å². The Morgan fingerprint density at radius 1 is 1.09 bits per heavy atom. The fourth-order valence-electron chi connectivity index (χ4n) is 2.37. The maximum absolute atomic E-state index is 6.02. The number of halogens is 2. The lowest BCUT2D eigenvalue weighted by molar-refractivity contribution is 0.482. The zero-order chi connectivity index (χ0) is 15.5. The summed E-state index contributed by atoms with van der Waals surface area (Å²) in [5.74, 6) is 1.54. The average molecular weight is 377 g/mol. The van der Waals surface area contributed by atoms with Gasteiger partial charge in [0.2, 0.25) is 0 Å². The van der Waals surface area contributed by atoms with E-state index in [4.69, 9.17) is 16.0 Å². The highest BCUT2D eigenvalue weighted by Gasteiger charge is 2.12. The van der Waals surface area contributed by atoms with Crippen LogP contribution in [-0.4, -0.2) is 4.98 Å². The molecule has 1 heterocycles. The molecule has 3 aromatic rings. The first-order valence-electron chi connectivity index (χ1n) is 7.02. The van der Waals surface area contributed by atoms with Crippen LogP contribution in [0, 0.1) is 6.92 Å². The minimum absolute atomic E-state index is 0.640. The normalized spacial score (nSPS) is 10.9. The van der Waals surface area contributed by atoms with Crippen molar-refractivity contribution in [3.05, 3.63) is 76.3 Å². The number of hydrogen-bond acceptors (Lipinski definition) is 2. The maximum atomic E-state index is 6.02. The van der Waals surface area contributed by atoms with Crippen LogP contribution in [0.5, 0.6) is 0 Å². The summed E-state index contributed by atoms with van der Waals surface area (Å²) in [7, 11) is 0. The second-order valence-electron chi connectivity index (χ2n) is 5.15. The van der Waals surface area contributed by atoms with Crippen LogP contribution in [0.15, 0.2) is 52.9 Å². The first kappa shape index (κ1) is 15.3. The molecule has 0 aliphatic rings. The molecule has 22 heavy (non-hydrogen) atoms. The molecule has 3 rings (SSSR count). The molecular formula is C18H15BrClNO. The lowest BCUT2D eigenvalue weighted by atomic mass is 10.1. The molecule has 2 nitrogen and oxygen atoms in total. The monoisotopic (exact) mass is 375 g/mol. The number of hydrogen-bond donors (Lipinski definition) is 0. The summed E-state index contributed by atoms with van der Waals surface area (Å²) < 4.78 is 5.81. The van der Waals surface area contributed by atoms with Crippen LogP contribution < -0.4 is 0 Å². The molecule has 0 bridgehead atoms. The van der Waals surface area contributed by atoms with E-state index in [0.29, 0.717) is 12.3 Å². The fourth-order valence-corrected chi connectivity index (χ4v) is 2.95. The van der Waals surface area contributed by atoms with Crippen LogP contribution in [0.25, 0.3) is 11.3 Å². The largest absolute Gasteiger partial charge is 0.445 e. The molecule has 0 atom stereocenters. The number of nitrogens with zero attached hydrogens (tertiary/aromatic N) is 1. The highest BCUT2D eigenvalue weighted by molar-refractivity contribution is 9.08. The molecule has 0 aliphatic heterocycles.